The molecule has 6 heteroatoms. The zero-order chi connectivity index (χ0) is 9.30. The number of thiophene rings is 1. The average Bonchev–Trinajstić information content (AvgIpc) is 2.25. The molecule has 1 aromatic heterocycles. The van der Waals surface area contributed by atoms with Crippen LogP contribution in [0.25, 0.3) is 0 Å². The highest BCUT2D eigenvalue weighted by molar-refractivity contribution is 7.20. The van der Waals surface area contributed by atoms with Crippen LogP contribution < -0.4 is 11.5 Å². The van der Waals surface area contributed by atoms with Gasteiger partial charge in [0.25, 0.3) is 5.91 Å². The van der Waals surface area contributed by atoms with Gasteiger partial charge in [-0.1, -0.05) is 11.3 Å². The summed E-state index contributed by atoms with van der Waals surface area (Å²) >= 11 is 0.967. The molecule has 0 aliphatic carbocycles. The number of hydrogen-bond acceptors (Lipinski definition) is 5. The number of hydrogen-bond donors (Lipinski definition) is 2. The first kappa shape index (κ1) is 8.66. The van der Waals surface area contributed by atoms with Gasteiger partial charge in [0.2, 0.25) is 0 Å². The minimum absolute atomic E-state index is 0.203. The minimum atomic E-state index is -0.629. The number of nitrogens with zero attached hydrogens (tertiary/aromatic N) is 1. The van der Waals surface area contributed by atoms with E-state index in [-0.39, 0.29) is 15.6 Å². The molecule has 0 bridgehead atoms. The number of nitroso groups, excluding NO2 is 1. The molecule has 1 heterocycles. The molecule has 1 aromatic rings. The molecule has 0 spiro atoms. The number of carbonyl (C=O) groups excluding carboxylic acids is 1. The Hall–Kier alpha value is -1.43. The van der Waals surface area contributed by atoms with Crippen LogP contribution in [0.1, 0.15) is 15.9 Å². The predicted octanol–water partition coefficient (Wildman–Crippen LogP) is 1.14. The van der Waals surface area contributed by atoms with Crippen molar-refractivity contribution in [3.8, 4) is 0 Å². The minimum Gasteiger partial charge on any atom is -0.390 e. The monoisotopic (exact) mass is 185 g/mol. The summed E-state index contributed by atoms with van der Waals surface area (Å²) in [5.74, 6) is -0.629. The van der Waals surface area contributed by atoms with Crippen molar-refractivity contribution < 1.29 is 4.79 Å². The molecule has 5 nitrogen and oxygen atoms in total. The third kappa shape index (κ3) is 1.16. The molecule has 0 radical (unpaired) electrons. The van der Waals surface area contributed by atoms with Crippen LogP contribution >= 0.6 is 11.3 Å². The first-order chi connectivity index (χ1) is 5.57. The van der Waals surface area contributed by atoms with E-state index >= 15 is 0 Å². The second-order valence-corrected chi connectivity index (χ2v) is 3.26. The van der Waals surface area contributed by atoms with Crippen molar-refractivity contribution >= 4 is 27.2 Å². The Bertz CT molecular complexity index is 345. The average molecular weight is 185 g/mol. The number of primary amides is 1. The lowest BCUT2D eigenvalue weighted by Gasteiger charge is -1.93. The van der Waals surface area contributed by atoms with E-state index < -0.39 is 5.91 Å². The van der Waals surface area contributed by atoms with Crippen molar-refractivity contribution in [2.45, 2.75) is 6.92 Å². The van der Waals surface area contributed by atoms with Crippen LogP contribution in [0.4, 0.5) is 10.0 Å². The van der Waals surface area contributed by atoms with Gasteiger partial charge in [-0.25, -0.2) is 0 Å². The van der Waals surface area contributed by atoms with E-state index in [1.54, 1.807) is 6.92 Å². The Balaban J connectivity index is 3.37. The van der Waals surface area contributed by atoms with E-state index in [2.05, 4.69) is 5.18 Å². The van der Waals surface area contributed by atoms with Crippen molar-refractivity contribution in [2.75, 3.05) is 5.73 Å². The fourth-order valence-electron chi connectivity index (χ4n) is 0.917. The Morgan fingerprint density at radius 2 is 2.17 bits per heavy atom. The van der Waals surface area contributed by atoms with Crippen molar-refractivity contribution in [3.05, 3.63) is 16.0 Å². The first-order valence-corrected chi connectivity index (χ1v) is 3.91. The van der Waals surface area contributed by atoms with Gasteiger partial charge >= 0.3 is 0 Å². The lowest BCUT2D eigenvalue weighted by atomic mass is 10.2. The number of rotatable bonds is 2. The highest BCUT2D eigenvalue weighted by atomic mass is 32.1. The molecule has 0 aliphatic heterocycles. The maximum atomic E-state index is 10.8. The molecule has 0 saturated heterocycles. The van der Waals surface area contributed by atoms with Crippen LogP contribution in [0.3, 0.4) is 0 Å². The van der Waals surface area contributed by atoms with E-state index in [1.165, 1.54) is 0 Å². The largest absolute Gasteiger partial charge is 0.390 e. The van der Waals surface area contributed by atoms with Crippen LogP contribution in [0.15, 0.2) is 5.18 Å². The molecule has 0 unspecified atom stereocenters. The summed E-state index contributed by atoms with van der Waals surface area (Å²) in [5.41, 5.74) is 11.1. The highest BCUT2D eigenvalue weighted by Crippen LogP contribution is 2.36. The zero-order valence-electron chi connectivity index (χ0n) is 6.33. The molecule has 12 heavy (non-hydrogen) atoms. The summed E-state index contributed by atoms with van der Waals surface area (Å²) in [6, 6.07) is 0. The summed E-state index contributed by atoms with van der Waals surface area (Å²) in [4.78, 5) is 20.9. The van der Waals surface area contributed by atoms with Crippen LogP contribution in [-0.2, 0) is 0 Å². The van der Waals surface area contributed by atoms with Crippen LogP contribution in [-0.4, -0.2) is 5.91 Å². The molecular weight excluding hydrogens is 178 g/mol. The normalized spacial score (nSPS) is 9.75. The van der Waals surface area contributed by atoms with Gasteiger partial charge in [-0.2, -0.15) is 0 Å². The molecule has 0 atom stereocenters. The predicted molar refractivity (Wildman–Crippen MR) is 47.4 cm³/mol. The zero-order valence-corrected chi connectivity index (χ0v) is 7.14. The van der Waals surface area contributed by atoms with Gasteiger partial charge in [-0.15, -0.1) is 4.91 Å². The summed E-state index contributed by atoms with van der Waals surface area (Å²) in [6.07, 6.45) is 0. The van der Waals surface area contributed by atoms with E-state index in [1.807, 2.05) is 0 Å². The number of anilines is 1. The van der Waals surface area contributed by atoms with Gasteiger partial charge in [0.1, 0.15) is 5.00 Å². The van der Waals surface area contributed by atoms with E-state index in [0.29, 0.717) is 5.56 Å². The number of carbonyl (C=O) groups is 1. The van der Waals surface area contributed by atoms with Gasteiger partial charge in [-0.3, -0.25) is 4.79 Å². The summed E-state index contributed by atoms with van der Waals surface area (Å²) in [7, 11) is 0. The van der Waals surface area contributed by atoms with Gasteiger partial charge in [0, 0.05) is 5.56 Å². The Morgan fingerprint density at radius 3 is 2.42 bits per heavy atom. The van der Waals surface area contributed by atoms with Crippen molar-refractivity contribution in [3.63, 3.8) is 0 Å². The fourth-order valence-corrected chi connectivity index (χ4v) is 1.77. The molecular formula is C6H7N3O2S. The molecule has 0 fully saturated rings. The lowest BCUT2D eigenvalue weighted by Crippen LogP contribution is -2.12. The van der Waals surface area contributed by atoms with Crippen LogP contribution in [0.5, 0.6) is 0 Å². The van der Waals surface area contributed by atoms with Crippen LogP contribution in [0.2, 0.25) is 0 Å². The maximum Gasteiger partial charge on any atom is 0.252 e. The number of amides is 1. The highest BCUT2D eigenvalue weighted by Gasteiger charge is 2.17. The van der Waals surface area contributed by atoms with Crippen molar-refractivity contribution in [1.82, 2.24) is 0 Å². The third-order valence-corrected chi connectivity index (χ3v) is 2.48. The quantitative estimate of drug-likeness (QED) is 0.675. The third-order valence-electron chi connectivity index (χ3n) is 1.48. The molecule has 64 valence electrons. The van der Waals surface area contributed by atoms with Gasteiger partial charge in [0.05, 0.1) is 5.56 Å². The van der Waals surface area contributed by atoms with Gasteiger partial charge in [-0.05, 0) is 12.1 Å². The lowest BCUT2D eigenvalue weighted by molar-refractivity contribution is 0.100. The second-order valence-electron chi connectivity index (χ2n) is 2.23. The van der Waals surface area contributed by atoms with Gasteiger partial charge < -0.3 is 11.5 Å². The molecule has 0 aromatic carbocycles. The second kappa shape index (κ2) is 2.90. The topological polar surface area (TPSA) is 98.5 Å². The standard InChI is InChI=1S/C6H7N3O2S/c1-2-3(4(7)10)5(8)12-6(2)9-11/h8H2,1H3,(H2,7,10). The maximum absolute atomic E-state index is 10.8. The fraction of sp³-hybridized carbons (Fsp3) is 0.167. The van der Waals surface area contributed by atoms with E-state index in [9.17, 15) is 9.70 Å². The Labute approximate surface area is 72.3 Å². The van der Waals surface area contributed by atoms with Gasteiger partial charge in [0.15, 0.2) is 5.00 Å². The molecule has 0 aliphatic rings. The molecule has 1 amide bonds. The van der Waals surface area contributed by atoms with Crippen molar-refractivity contribution in [1.29, 1.82) is 0 Å². The molecule has 0 saturated carbocycles. The van der Waals surface area contributed by atoms with Crippen molar-refractivity contribution in [2.24, 2.45) is 10.9 Å². The number of nitrogen functional groups attached to an aromatic ring is 1. The summed E-state index contributed by atoms with van der Waals surface area (Å²) in [6.45, 7) is 1.59. The first-order valence-electron chi connectivity index (χ1n) is 3.10. The van der Waals surface area contributed by atoms with Crippen LogP contribution in [0, 0.1) is 11.8 Å². The summed E-state index contributed by atoms with van der Waals surface area (Å²) < 4.78 is 0. The summed E-state index contributed by atoms with van der Waals surface area (Å²) in [5, 5.41) is 3.17. The molecule has 1 rings (SSSR count). The smallest absolute Gasteiger partial charge is 0.252 e. The van der Waals surface area contributed by atoms with E-state index in [0.717, 1.165) is 11.3 Å². The Morgan fingerprint density at radius 1 is 1.58 bits per heavy atom. The van der Waals surface area contributed by atoms with E-state index in [4.69, 9.17) is 11.5 Å². The SMILES string of the molecule is Cc1c(N=O)sc(N)c1C(N)=O. The Kier molecular flexibility index (Phi) is 2.09. The number of nitrogens with two attached hydrogens (primary N) is 2. The molecule has 4 N–H and O–H groups in total.